The number of hydrogen-bond acceptors (Lipinski definition) is 2. The van der Waals surface area contributed by atoms with Crippen molar-refractivity contribution in [3.8, 4) is 0 Å². The summed E-state index contributed by atoms with van der Waals surface area (Å²) in [5, 5.41) is 2.68. The number of amides is 1. The van der Waals surface area contributed by atoms with E-state index in [0.29, 0.717) is 17.0 Å². The van der Waals surface area contributed by atoms with Crippen molar-refractivity contribution in [2.45, 2.75) is 5.75 Å². The van der Waals surface area contributed by atoms with E-state index >= 15 is 0 Å². The fourth-order valence-corrected chi connectivity index (χ4v) is 2.42. The van der Waals surface area contributed by atoms with E-state index in [1.807, 2.05) is 6.07 Å². The lowest BCUT2D eigenvalue weighted by Gasteiger charge is -2.06. The predicted molar refractivity (Wildman–Crippen MR) is 78.6 cm³/mol. The Morgan fingerprint density at radius 3 is 2.55 bits per heavy atom. The van der Waals surface area contributed by atoms with Crippen LogP contribution in [0.1, 0.15) is 15.9 Å². The van der Waals surface area contributed by atoms with Crippen molar-refractivity contribution < 1.29 is 13.4 Å². The van der Waals surface area contributed by atoms with Crippen LogP contribution in [0.4, 0.5) is 10.1 Å². The normalized spacial score (nSPS) is 11.9. The quantitative estimate of drug-likeness (QED) is 0.941. The highest BCUT2D eigenvalue weighted by molar-refractivity contribution is 7.83. The molecular formula is C15H14FNO2S. The minimum Gasteiger partial charge on any atom is -0.322 e. The van der Waals surface area contributed by atoms with Crippen LogP contribution < -0.4 is 5.32 Å². The minimum atomic E-state index is -0.952. The lowest BCUT2D eigenvalue weighted by atomic mass is 10.1. The van der Waals surface area contributed by atoms with Crippen molar-refractivity contribution in [3.63, 3.8) is 0 Å². The minimum absolute atomic E-state index is 0.277. The molecule has 1 amide bonds. The highest BCUT2D eigenvalue weighted by Crippen LogP contribution is 2.12. The van der Waals surface area contributed by atoms with Crippen molar-refractivity contribution in [1.82, 2.24) is 0 Å². The third kappa shape index (κ3) is 3.99. The smallest absolute Gasteiger partial charge is 0.255 e. The number of halogens is 1. The fourth-order valence-electron chi connectivity index (χ4n) is 1.77. The summed E-state index contributed by atoms with van der Waals surface area (Å²) in [6.45, 7) is 0. The third-order valence-corrected chi connectivity index (χ3v) is 3.40. The Bertz CT molecular complexity index is 641. The van der Waals surface area contributed by atoms with E-state index in [-0.39, 0.29) is 11.7 Å². The molecule has 1 unspecified atom stereocenters. The average Bonchev–Trinajstić information content (AvgIpc) is 2.41. The average molecular weight is 291 g/mol. The Balaban J connectivity index is 2.12. The number of nitrogens with one attached hydrogen (secondary N) is 1. The van der Waals surface area contributed by atoms with Crippen molar-refractivity contribution in [1.29, 1.82) is 0 Å². The summed E-state index contributed by atoms with van der Waals surface area (Å²) in [5.41, 5.74) is 1.86. The number of carbonyl (C=O) groups excluding carboxylic acids is 1. The molecule has 5 heteroatoms. The van der Waals surface area contributed by atoms with Crippen molar-refractivity contribution in [3.05, 3.63) is 65.5 Å². The molecule has 0 aliphatic rings. The van der Waals surface area contributed by atoms with Gasteiger partial charge in [0, 0.05) is 34.1 Å². The summed E-state index contributed by atoms with van der Waals surface area (Å²) in [4.78, 5) is 12.1. The van der Waals surface area contributed by atoms with Gasteiger partial charge in [0.2, 0.25) is 0 Å². The van der Waals surface area contributed by atoms with Crippen molar-refractivity contribution >= 4 is 22.4 Å². The van der Waals surface area contributed by atoms with Crippen LogP contribution in [0, 0.1) is 5.82 Å². The van der Waals surface area contributed by atoms with Crippen LogP contribution in [0.15, 0.2) is 48.5 Å². The van der Waals surface area contributed by atoms with Gasteiger partial charge in [-0.05, 0) is 42.0 Å². The zero-order valence-corrected chi connectivity index (χ0v) is 11.7. The maximum absolute atomic E-state index is 12.8. The van der Waals surface area contributed by atoms with Gasteiger partial charge in [-0.2, -0.15) is 0 Å². The Hall–Kier alpha value is -2.01. The van der Waals surface area contributed by atoms with E-state index in [1.54, 1.807) is 24.5 Å². The van der Waals surface area contributed by atoms with Crippen molar-refractivity contribution in [2.24, 2.45) is 0 Å². The Morgan fingerprint density at radius 2 is 1.90 bits per heavy atom. The van der Waals surface area contributed by atoms with Gasteiger partial charge in [0.25, 0.3) is 5.91 Å². The molecule has 2 aromatic carbocycles. The van der Waals surface area contributed by atoms with Gasteiger partial charge in [-0.25, -0.2) is 4.39 Å². The highest BCUT2D eigenvalue weighted by Gasteiger charge is 2.07. The number of anilines is 1. The second-order valence-corrected chi connectivity index (χ2v) is 5.81. The molecule has 2 aromatic rings. The summed E-state index contributed by atoms with van der Waals surface area (Å²) in [6.07, 6.45) is 1.62. The Kier molecular flexibility index (Phi) is 4.63. The number of carbonyl (C=O) groups is 1. The molecule has 3 nitrogen and oxygen atoms in total. The van der Waals surface area contributed by atoms with Crippen LogP contribution >= 0.6 is 0 Å². The predicted octanol–water partition coefficient (Wildman–Crippen LogP) is 2.96. The molecule has 1 N–H and O–H groups in total. The molecule has 0 fully saturated rings. The van der Waals surface area contributed by atoms with Gasteiger partial charge in [0.05, 0.1) is 0 Å². The molecule has 0 heterocycles. The van der Waals surface area contributed by atoms with Crippen LogP contribution in [-0.2, 0) is 16.6 Å². The molecule has 20 heavy (non-hydrogen) atoms. The van der Waals surface area contributed by atoms with Gasteiger partial charge in [-0.15, -0.1) is 0 Å². The maximum Gasteiger partial charge on any atom is 0.255 e. The summed E-state index contributed by atoms with van der Waals surface area (Å²) < 4.78 is 24.0. The molecule has 0 spiro atoms. The lowest BCUT2D eigenvalue weighted by Crippen LogP contribution is -2.12. The lowest BCUT2D eigenvalue weighted by molar-refractivity contribution is 0.102. The van der Waals surface area contributed by atoms with E-state index in [1.165, 1.54) is 24.3 Å². The first kappa shape index (κ1) is 14.4. The van der Waals surface area contributed by atoms with Crippen LogP contribution in [0.2, 0.25) is 0 Å². The van der Waals surface area contributed by atoms with E-state index in [2.05, 4.69) is 5.32 Å². The summed E-state index contributed by atoms with van der Waals surface area (Å²) in [7, 11) is -0.952. The zero-order valence-electron chi connectivity index (χ0n) is 10.9. The summed E-state index contributed by atoms with van der Waals surface area (Å²) in [6, 6.07) is 12.5. The molecule has 1 atom stereocenters. The molecule has 2 rings (SSSR count). The first-order valence-electron chi connectivity index (χ1n) is 6.00. The number of hydrogen-bond donors (Lipinski definition) is 1. The van der Waals surface area contributed by atoms with Gasteiger partial charge in [-0.1, -0.05) is 12.1 Å². The zero-order chi connectivity index (χ0) is 14.5. The Labute approximate surface area is 119 Å². The van der Waals surface area contributed by atoms with Gasteiger partial charge in [0.15, 0.2) is 0 Å². The second kappa shape index (κ2) is 6.43. The van der Waals surface area contributed by atoms with Gasteiger partial charge < -0.3 is 5.32 Å². The van der Waals surface area contributed by atoms with E-state index in [0.717, 1.165) is 5.56 Å². The molecule has 104 valence electrons. The Morgan fingerprint density at radius 1 is 1.20 bits per heavy atom. The first-order valence-corrected chi connectivity index (χ1v) is 7.73. The fraction of sp³-hybridized carbons (Fsp3) is 0.133. The van der Waals surface area contributed by atoms with Crippen LogP contribution in [0.25, 0.3) is 0 Å². The van der Waals surface area contributed by atoms with Crippen LogP contribution in [0.5, 0.6) is 0 Å². The molecule has 0 aliphatic carbocycles. The second-order valence-electron chi connectivity index (χ2n) is 4.38. The molecule has 0 bridgehead atoms. The SMILES string of the molecule is CS(=O)Cc1cccc(C(=O)Nc2ccc(F)cc2)c1. The summed E-state index contributed by atoms with van der Waals surface area (Å²) >= 11 is 0. The molecule has 0 radical (unpaired) electrons. The van der Waals surface area contributed by atoms with Gasteiger partial charge >= 0.3 is 0 Å². The number of benzene rings is 2. The monoisotopic (exact) mass is 291 g/mol. The molecule has 0 aliphatic heterocycles. The molecule has 0 saturated heterocycles. The van der Waals surface area contributed by atoms with Crippen LogP contribution in [0.3, 0.4) is 0 Å². The summed E-state index contributed by atoms with van der Waals surface area (Å²) in [5.74, 6) is -0.215. The maximum atomic E-state index is 12.8. The topological polar surface area (TPSA) is 46.2 Å². The van der Waals surface area contributed by atoms with E-state index in [9.17, 15) is 13.4 Å². The number of rotatable bonds is 4. The molecular weight excluding hydrogens is 277 g/mol. The van der Waals surface area contributed by atoms with Crippen LogP contribution in [-0.4, -0.2) is 16.4 Å². The highest BCUT2D eigenvalue weighted by atomic mass is 32.2. The molecule has 0 aromatic heterocycles. The van der Waals surface area contributed by atoms with E-state index in [4.69, 9.17) is 0 Å². The molecule has 0 saturated carbocycles. The first-order chi connectivity index (χ1) is 9.54. The standard InChI is InChI=1S/C15H14FNO2S/c1-20(19)10-11-3-2-4-12(9-11)15(18)17-14-7-5-13(16)6-8-14/h2-9H,10H2,1H3,(H,17,18). The van der Waals surface area contributed by atoms with Crippen molar-refractivity contribution in [2.75, 3.05) is 11.6 Å². The third-order valence-electron chi connectivity index (χ3n) is 2.66. The largest absolute Gasteiger partial charge is 0.322 e. The van der Waals surface area contributed by atoms with Gasteiger partial charge in [0.1, 0.15) is 5.82 Å². The van der Waals surface area contributed by atoms with E-state index < -0.39 is 10.8 Å². The van der Waals surface area contributed by atoms with Gasteiger partial charge in [-0.3, -0.25) is 9.00 Å².